The maximum atomic E-state index is 9.05. The molecule has 1 aliphatic heterocycles. The lowest BCUT2D eigenvalue weighted by molar-refractivity contribution is 0.0946. The van der Waals surface area contributed by atoms with Gasteiger partial charge in [0.15, 0.2) is 0 Å². The van der Waals surface area contributed by atoms with E-state index in [4.69, 9.17) is 38.3 Å². The minimum Gasteiger partial charge on any atom is -0.394 e. The van der Waals surface area contributed by atoms with E-state index >= 15 is 0 Å². The predicted molar refractivity (Wildman–Crippen MR) is 123 cm³/mol. The van der Waals surface area contributed by atoms with Gasteiger partial charge >= 0.3 is 0 Å². The third-order valence-electron chi connectivity index (χ3n) is 4.53. The Kier molecular flexibility index (Phi) is 8.15. The zero-order valence-corrected chi connectivity index (χ0v) is 18.2. The number of aliphatic hydroxyl groups excluding tert-OH is 1. The van der Waals surface area contributed by atoms with Gasteiger partial charge in [0, 0.05) is 34.9 Å². The molecule has 1 heterocycles. The van der Waals surface area contributed by atoms with E-state index < -0.39 is 5.79 Å². The first-order valence-corrected chi connectivity index (χ1v) is 10.5. The summed E-state index contributed by atoms with van der Waals surface area (Å²) < 4.78 is 5.29. The molecule has 2 aromatic rings. The Hall–Kier alpha value is -2.76. The van der Waals surface area contributed by atoms with Crippen LogP contribution in [0.25, 0.3) is 0 Å². The number of nitrogens with zero attached hydrogens (tertiary/aromatic N) is 2. The highest BCUT2D eigenvalue weighted by molar-refractivity contribution is 6.36. The third kappa shape index (κ3) is 6.36. The van der Waals surface area contributed by atoms with E-state index in [-0.39, 0.29) is 6.61 Å². The molecule has 1 atom stereocenters. The van der Waals surface area contributed by atoms with Crippen LogP contribution in [-0.2, 0) is 11.2 Å². The summed E-state index contributed by atoms with van der Waals surface area (Å²) in [5.74, 6) is -0.224. The highest BCUT2D eigenvalue weighted by atomic mass is 35.5. The summed E-state index contributed by atoms with van der Waals surface area (Å²) in [6.07, 6.45) is 3.88. The van der Waals surface area contributed by atoms with E-state index in [0.29, 0.717) is 41.8 Å². The number of benzene rings is 2. The molecular formula is C22H23Cl2N5O2. The lowest BCUT2D eigenvalue weighted by Crippen LogP contribution is -2.55. The fourth-order valence-corrected chi connectivity index (χ4v) is 3.62. The van der Waals surface area contributed by atoms with Crippen molar-refractivity contribution >= 4 is 35.1 Å². The average Bonchev–Trinajstić information content (AvgIpc) is 2.77. The predicted octanol–water partition coefficient (Wildman–Crippen LogP) is 3.29. The Labute approximate surface area is 191 Å². The Balaban J connectivity index is 1.81. The van der Waals surface area contributed by atoms with E-state index in [9.17, 15) is 0 Å². The normalized spacial score (nSPS) is 17.4. The summed E-state index contributed by atoms with van der Waals surface area (Å²) in [4.78, 5) is 4.67. The Morgan fingerprint density at radius 3 is 2.55 bits per heavy atom. The van der Waals surface area contributed by atoms with Crippen molar-refractivity contribution in [1.82, 2.24) is 10.6 Å². The molecule has 9 heteroatoms. The summed E-state index contributed by atoms with van der Waals surface area (Å²) in [6.45, 7) is 1.28. The molecule has 4 N–H and O–H groups in total. The number of aliphatic hydroxyl groups is 1. The van der Waals surface area contributed by atoms with Crippen LogP contribution < -0.4 is 16.0 Å². The van der Waals surface area contributed by atoms with E-state index in [1.54, 1.807) is 36.5 Å². The van der Waals surface area contributed by atoms with Gasteiger partial charge in [0.05, 0.1) is 31.5 Å². The molecule has 3 rings (SSSR count). The van der Waals surface area contributed by atoms with Crippen molar-refractivity contribution in [2.24, 2.45) is 4.99 Å². The number of allylic oxidation sites excluding steroid dienone is 1. The van der Waals surface area contributed by atoms with Crippen molar-refractivity contribution in [2.75, 3.05) is 31.7 Å². The number of anilines is 1. The first kappa shape index (κ1) is 22.9. The average molecular weight is 460 g/mol. The summed E-state index contributed by atoms with van der Waals surface area (Å²) in [5.41, 5.74) is 2.10. The van der Waals surface area contributed by atoms with Crippen molar-refractivity contribution in [3.8, 4) is 6.07 Å². The van der Waals surface area contributed by atoms with Crippen LogP contribution >= 0.6 is 23.2 Å². The number of halogens is 2. The molecule has 1 unspecified atom stereocenters. The van der Waals surface area contributed by atoms with Crippen LogP contribution in [0.2, 0.25) is 10.0 Å². The van der Waals surface area contributed by atoms with Crippen molar-refractivity contribution < 1.29 is 9.84 Å². The Morgan fingerprint density at radius 1 is 1.13 bits per heavy atom. The lowest BCUT2D eigenvalue weighted by atomic mass is 10.0. The number of hydrogen-bond acceptors (Lipinski definition) is 7. The smallest absolute Gasteiger partial charge is 0.210 e. The van der Waals surface area contributed by atoms with Crippen molar-refractivity contribution in [2.45, 2.75) is 12.2 Å². The fourth-order valence-electron chi connectivity index (χ4n) is 3.08. The van der Waals surface area contributed by atoms with Crippen LogP contribution in [0.4, 0.5) is 5.69 Å². The number of aliphatic imine (C=N–C) groups is 1. The zero-order chi connectivity index (χ0) is 22.1. The van der Waals surface area contributed by atoms with Crippen molar-refractivity contribution in [3.63, 3.8) is 0 Å². The minimum atomic E-state index is -0.966. The number of nitrogens with one attached hydrogen (secondary N) is 3. The lowest BCUT2D eigenvalue weighted by Gasteiger charge is -2.37. The molecule has 1 aliphatic rings. The van der Waals surface area contributed by atoms with Gasteiger partial charge in [-0.15, -0.1) is 0 Å². The van der Waals surface area contributed by atoms with Gasteiger partial charge in [-0.25, -0.2) is 4.99 Å². The first-order chi connectivity index (χ1) is 15.0. The molecular weight excluding hydrogens is 437 g/mol. The van der Waals surface area contributed by atoms with Crippen LogP contribution in [0, 0.1) is 11.3 Å². The van der Waals surface area contributed by atoms with Gasteiger partial charge in [0.25, 0.3) is 0 Å². The van der Waals surface area contributed by atoms with Gasteiger partial charge < -0.3 is 25.8 Å². The largest absolute Gasteiger partial charge is 0.394 e. The van der Waals surface area contributed by atoms with Gasteiger partial charge in [-0.3, -0.25) is 0 Å². The number of ether oxygens (including phenoxy) is 1. The summed E-state index contributed by atoms with van der Waals surface area (Å²) >= 11 is 12.9. The standard InChI is InChI=1S/C22H23Cl2N5O2/c23-19-2-1-3-20(24)18(19)14-22(28-17-6-4-16(15-25)5-7-17)27-9-8-21(29-22)26-10-12-31-13-11-30/h1-9,26,28-30H,10-14H2. The fraction of sp³-hybridized carbons (Fsp3) is 0.273. The molecule has 0 amide bonds. The van der Waals surface area contributed by atoms with Gasteiger partial charge in [0.2, 0.25) is 5.79 Å². The van der Waals surface area contributed by atoms with E-state index in [1.165, 1.54) is 0 Å². The molecule has 0 aromatic heterocycles. The Bertz CT molecular complexity index is 968. The summed E-state index contributed by atoms with van der Waals surface area (Å²) in [7, 11) is 0. The molecule has 162 valence electrons. The monoisotopic (exact) mass is 459 g/mol. The van der Waals surface area contributed by atoms with Crippen LogP contribution in [0.15, 0.2) is 59.4 Å². The summed E-state index contributed by atoms with van der Waals surface area (Å²) in [5, 5.41) is 29.0. The van der Waals surface area contributed by atoms with Crippen LogP contribution in [-0.4, -0.2) is 43.5 Å². The van der Waals surface area contributed by atoms with Crippen LogP contribution in [0.1, 0.15) is 11.1 Å². The van der Waals surface area contributed by atoms with Gasteiger partial charge in [-0.1, -0.05) is 29.3 Å². The highest BCUT2D eigenvalue weighted by Crippen LogP contribution is 2.30. The zero-order valence-electron chi connectivity index (χ0n) is 16.7. The minimum absolute atomic E-state index is 0.0101. The Morgan fingerprint density at radius 2 is 1.87 bits per heavy atom. The van der Waals surface area contributed by atoms with Crippen LogP contribution in [0.5, 0.6) is 0 Å². The van der Waals surface area contributed by atoms with Crippen LogP contribution in [0.3, 0.4) is 0 Å². The van der Waals surface area contributed by atoms with Gasteiger partial charge in [0.1, 0.15) is 5.82 Å². The molecule has 0 fully saturated rings. The quantitative estimate of drug-likeness (QED) is 0.406. The molecule has 31 heavy (non-hydrogen) atoms. The van der Waals surface area contributed by atoms with Crippen molar-refractivity contribution in [1.29, 1.82) is 5.26 Å². The SMILES string of the molecule is N#Cc1ccc(NC2(Cc3c(Cl)cccc3Cl)N=CC=C(NCCOCCO)N2)cc1. The maximum absolute atomic E-state index is 9.05. The second-order valence-corrected chi connectivity index (χ2v) is 7.61. The third-order valence-corrected chi connectivity index (χ3v) is 5.24. The highest BCUT2D eigenvalue weighted by Gasteiger charge is 2.33. The second-order valence-electron chi connectivity index (χ2n) is 6.80. The number of nitriles is 1. The molecule has 0 saturated carbocycles. The van der Waals surface area contributed by atoms with E-state index in [0.717, 1.165) is 17.1 Å². The molecule has 0 aliphatic carbocycles. The molecule has 0 radical (unpaired) electrons. The number of rotatable bonds is 10. The van der Waals surface area contributed by atoms with E-state index in [1.807, 2.05) is 18.2 Å². The second kappa shape index (κ2) is 11.0. The molecule has 7 nitrogen and oxygen atoms in total. The maximum Gasteiger partial charge on any atom is 0.210 e. The topological polar surface area (TPSA) is 102 Å². The van der Waals surface area contributed by atoms with Crippen molar-refractivity contribution in [3.05, 3.63) is 75.5 Å². The summed E-state index contributed by atoms with van der Waals surface area (Å²) in [6, 6.07) is 14.6. The van der Waals surface area contributed by atoms with Gasteiger partial charge in [-0.2, -0.15) is 5.26 Å². The molecule has 0 bridgehead atoms. The van der Waals surface area contributed by atoms with E-state index in [2.05, 4.69) is 27.0 Å². The molecule has 0 spiro atoms. The molecule has 0 saturated heterocycles. The first-order valence-electron chi connectivity index (χ1n) is 9.73. The number of hydrogen-bond donors (Lipinski definition) is 4. The molecule has 2 aromatic carbocycles. The van der Waals surface area contributed by atoms with Gasteiger partial charge in [-0.05, 0) is 48.0 Å².